The van der Waals surface area contributed by atoms with Crippen LogP contribution in [0.3, 0.4) is 0 Å². The summed E-state index contributed by atoms with van der Waals surface area (Å²) in [7, 11) is 1.65. The lowest BCUT2D eigenvalue weighted by molar-refractivity contribution is -0.136. The number of methoxy groups -OCH3 is 1. The number of hydrogen-bond donors (Lipinski definition) is 1. The van der Waals surface area contributed by atoms with Gasteiger partial charge in [0.2, 0.25) is 5.91 Å². The molecule has 1 saturated heterocycles. The lowest BCUT2D eigenvalue weighted by atomic mass is 9.96. The molecule has 1 aliphatic rings. The highest BCUT2D eigenvalue weighted by Gasteiger charge is 2.27. The molecule has 4 heteroatoms. The molecule has 1 amide bonds. The van der Waals surface area contributed by atoms with Gasteiger partial charge < -0.3 is 14.7 Å². The van der Waals surface area contributed by atoms with Crippen molar-refractivity contribution in [3.63, 3.8) is 0 Å². The number of carbonyl (C=O) groups excluding carboxylic acids is 1. The molecule has 0 saturated carbocycles. The number of aliphatic hydroxyl groups is 1. The van der Waals surface area contributed by atoms with E-state index >= 15 is 0 Å². The number of rotatable bonds is 4. The summed E-state index contributed by atoms with van der Waals surface area (Å²) in [4.78, 5) is 13.8. The predicted octanol–water partition coefficient (Wildman–Crippen LogP) is 0.888. The number of piperidine rings is 1. The molecule has 0 aliphatic carbocycles. The van der Waals surface area contributed by atoms with Crippen LogP contribution in [0.1, 0.15) is 26.7 Å². The molecule has 3 atom stereocenters. The monoisotopic (exact) mass is 229 g/mol. The summed E-state index contributed by atoms with van der Waals surface area (Å²) in [6.07, 6.45) is 0.989. The fourth-order valence-corrected chi connectivity index (χ4v) is 2.13. The molecule has 1 fully saturated rings. The van der Waals surface area contributed by atoms with Crippen LogP contribution in [0.5, 0.6) is 0 Å². The second kappa shape index (κ2) is 6.21. The van der Waals surface area contributed by atoms with Crippen molar-refractivity contribution in [2.75, 3.05) is 26.8 Å². The highest BCUT2D eigenvalue weighted by molar-refractivity contribution is 5.76. The first-order chi connectivity index (χ1) is 7.54. The zero-order valence-corrected chi connectivity index (χ0v) is 10.5. The smallest absolute Gasteiger partial charge is 0.222 e. The van der Waals surface area contributed by atoms with E-state index in [-0.39, 0.29) is 23.8 Å². The molecular weight excluding hydrogens is 206 g/mol. The van der Waals surface area contributed by atoms with E-state index in [2.05, 4.69) is 0 Å². The van der Waals surface area contributed by atoms with Gasteiger partial charge in [-0.25, -0.2) is 0 Å². The van der Waals surface area contributed by atoms with Gasteiger partial charge in [-0.05, 0) is 18.3 Å². The maximum atomic E-state index is 11.9. The van der Waals surface area contributed by atoms with Gasteiger partial charge in [-0.3, -0.25) is 4.79 Å². The summed E-state index contributed by atoms with van der Waals surface area (Å²) in [6, 6.07) is 0. The summed E-state index contributed by atoms with van der Waals surface area (Å²) in [6.45, 7) is 5.99. The van der Waals surface area contributed by atoms with Crippen molar-refractivity contribution >= 4 is 5.91 Å². The molecule has 0 spiro atoms. The Morgan fingerprint density at radius 3 is 2.88 bits per heavy atom. The Morgan fingerprint density at radius 1 is 1.62 bits per heavy atom. The third-order valence-electron chi connectivity index (χ3n) is 3.19. The molecule has 1 aliphatic heterocycles. The maximum absolute atomic E-state index is 11.9. The quantitative estimate of drug-likeness (QED) is 0.779. The van der Waals surface area contributed by atoms with Gasteiger partial charge in [0.15, 0.2) is 0 Å². The summed E-state index contributed by atoms with van der Waals surface area (Å²) in [5, 5.41) is 9.59. The Balaban J connectivity index is 2.37. The highest BCUT2D eigenvalue weighted by atomic mass is 16.5. The normalized spacial score (nSPS) is 27.9. The second-order valence-corrected chi connectivity index (χ2v) is 4.94. The molecule has 1 N–H and O–H groups in total. The fourth-order valence-electron chi connectivity index (χ4n) is 2.13. The Kier molecular flexibility index (Phi) is 5.22. The van der Waals surface area contributed by atoms with Gasteiger partial charge in [0.25, 0.3) is 0 Å². The van der Waals surface area contributed by atoms with E-state index in [1.54, 1.807) is 7.11 Å². The Morgan fingerprint density at radius 2 is 2.31 bits per heavy atom. The van der Waals surface area contributed by atoms with Gasteiger partial charge in [-0.1, -0.05) is 13.8 Å². The summed E-state index contributed by atoms with van der Waals surface area (Å²) in [5.41, 5.74) is 0. The topological polar surface area (TPSA) is 49.8 Å². The number of hydrogen-bond acceptors (Lipinski definition) is 3. The SMILES string of the molecule is COCC(C)CC(=O)N1CCC(O)C(C)C1. The molecule has 1 rings (SSSR count). The molecule has 16 heavy (non-hydrogen) atoms. The van der Waals surface area contributed by atoms with E-state index in [0.717, 1.165) is 0 Å². The Hall–Kier alpha value is -0.610. The second-order valence-electron chi connectivity index (χ2n) is 4.94. The van der Waals surface area contributed by atoms with Crippen molar-refractivity contribution in [1.82, 2.24) is 4.90 Å². The van der Waals surface area contributed by atoms with E-state index in [0.29, 0.717) is 32.5 Å². The van der Waals surface area contributed by atoms with Crippen molar-refractivity contribution < 1.29 is 14.6 Å². The molecule has 3 unspecified atom stereocenters. The molecule has 0 aromatic heterocycles. The average molecular weight is 229 g/mol. The van der Waals surface area contributed by atoms with E-state index in [1.165, 1.54) is 0 Å². The van der Waals surface area contributed by atoms with Crippen LogP contribution < -0.4 is 0 Å². The van der Waals surface area contributed by atoms with Crippen LogP contribution in [0.15, 0.2) is 0 Å². The predicted molar refractivity (Wildman–Crippen MR) is 62.0 cm³/mol. The van der Waals surface area contributed by atoms with Crippen LogP contribution in [-0.4, -0.2) is 48.8 Å². The molecule has 94 valence electrons. The van der Waals surface area contributed by atoms with Gasteiger partial charge in [0.05, 0.1) is 6.10 Å². The Bertz CT molecular complexity index is 232. The number of likely N-dealkylation sites (tertiary alicyclic amines) is 1. The lowest BCUT2D eigenvalue weighted by Crippen LogP contribution is -2.45. The van der Waals surface area contributed by atoms with Crippen LogP contribution in [-0.2, 0) is 9.53 Å². The molecule has 0 radical (unpaired) electrons. The van der Waals surface area contributed by atoms with Crippen LogP contribution in [0.4, 0.5) is 0 Å². The van der Waals surface area contributed by atoms with Crippen LogP contribution in [0, 0.1) is 11.8 Å². The first kappa shape index (κ1) is 13.5. The molecule has 4 nitrogen and oxygen atoms in total. The third kappa shape index (κ3) is 3.76. The number of aliphatic hydroxyl groups excluding tert-OH is 1. The van der Waals surface area contributed by atoms with Crippen molar-refractivity contribution in [2.24, 2.45) is 11.8 Å². The summed E-state index contributed by atoms with van der Waals surface area (Å²) < 4.78 is 5.02. The summed E-state index contributed by atoms with van der Waals surface area (Å²) in [5.74, 6) is 0.637. The van der Waals surface area contributed by atoms with Crippen molar-refractivity contribution in [2.45, 2.75) is 32.8 Å². The van der Waals surface area contributed by atoms with Crippen LogP contribution >= 0.6 is 0 Å². The standard InChI is InChI=1S/C12H23NO3/c1-9(8-16-3)6-12(15)13-5-4-11(14)10(2)7-13/h9-11,14H,4-8H2,1-3H3. The average Bonchev–Trinajstić information content (AvgIpc) is 2.22. The van der Waals surface area contributed by atoms with Crippen LogP contribution in [0.2, 0.25) is 0 Å². The number of nitrogens with zero attached hydrogens (tertiary/aromatic N) is 1. The lowest BCUT2D eigenvalue weighted by Gasteiger charge is -2.34. The number of carbonyl (C=O) groups is 1. The number of ether oxygens (including phenoxy) is 1. The largest absolute Gasteiger partial charge is 0.393 e. The van der Waals surface area contributed by atoms with Gasteiger partial charge in [0.1, 0.15) is 0 Å². The van der Waals surface area contributed by atoms with Crippen LogP contribution in [0.25, 0.3) is 0 Å². The minimum absolute atomic E-state index is 0.184. The Labute approximate surface area is 97.6 Å². The minimum Gasteiger partial charge on any atom is -0.393 e. The van der Waals surface area contributed by atoms with Crippen molar-refractivity contribution in [3.05, 3.63) is 0 Å². The maximum Gasteiger partial charge on any atom is 0.222 e. The van der Waals surface area contributed by atoms with Gasteiger partial charge >= 0.3 is 0 Å². The van der Waals surface area contributed by atoms with E-state index in [1.807, 2.05) is 18.7 Å². The highest BCUT2D eigenvalue weighted by Crippen LogP contribution is 2.18. The van der Waals surface area contributed by atoms with Gasteiger partial charge in [-0.15, -0.1) is 0 Å². The first-order valence-corrected chi connectivity index (χ1v) is 5.99. The molecule has 0 bridgehead atoms. The number of amides is 1. The third-order valence-corrected chi connectivity index (χ3v) is 3.19. The first-order valence-electron chi connectivity index (χ1n) is 5.99. The van der Waals surface area contributed by atoms with E-state index in [9.17, 15) is 9.90 Å². The molecular formula is C12H23NO3. The summed E-state index contributed by atoms with van der Waals surface area (Å²) >= 11 is 0. The van der Waals surface area contributed by atoms with Crippen molar-refractivity contribution in [1.29, 1.82) is 0 Å². The minimum atomic E-state index is -0.250. The van der Waals surface area contributed by atoms with Gasteiger partial charge in [0, 0.05) is 33.2 Å². The van der Waals surface area contributed by atoms with Gasteiger partial charge in [-0.2, -0.15) is 0 Å². The van der Waals surface area contributed by atoms with Crippen molar-refractivity contribution in [3.8, 4) is 0 Å². The van der Waals surface area contributed by atoms with E-state index in [4.69, 9.17) is 4.74 Å². The fraction of sp³-hybridized carbons (Fsp3) is 0.917. The zero-order chi connectivity index (χ0) is 12.1. The van der Waals surface area contributed by atoms with E-state index < -0.39 is 0 Å². The molecule has 0 aromatic carbocycles. The zero-order valence-electron chi connectivity index (χ0n) is 10.5. The molecule has 1 heterocycles. The molecule has 0 aromatic rings.